The minimum atomic E-state index is -0.516. The molecule has 1 aliphatic rings. The fourth-order valence-electron chi connectivity index (χ4n) is 1.81. The maximum absolute atomic E-state index is 12.3. The van der Waals surface area contributed by atoms with Crippen molar-refractivity contribution in [1.29, 1.82) is 0 Å². The van der Waals surface area contributed by atoms with Gasteiger partial charge in [0.15, 0.2) is 5.13 Å². The van der Waals surface area contributed by atoms with Crippen molar-refractivity contribution in [2.45, 2.75) is 26.4 Å². The second-order valence-electron chi connectivity index (χ2n) is 5.59. The Labute approximate surface area is 123 Å². The molecule has 1 saturated heterocycles. The van der Waals surface area contributed by atoms with Gasteiger partial charge in [-0.15, -0.1) is 11.3 Å². The normalized spacial score (nSPS) is 16.9. The highest BCUT2D eigenvalue weighted by Crippen LogP contribution is 2.21. The van der Waals surface area contributed by atoms with Gasteiger partial charge >= 0.3 is 6.09 Å². The third kappa shape index (κ3) is 4.43. The van der Waals surface area contributed by atoms with Crippen LogP contribution in [0.25, 0.3) is 0 Å². The maximum atomic E-state index is 12.3. The number of aromatic nitrogens is 1. The first-order valence-corrected chi connectivity index (χ1v) is 7.54. The summed E-state index contributed by atoms with van der Waals surface area (Å²) < 4.78 is 10.8. The second kappa shape index (κ2) is 6.51. The van der Waals surface area contributed by atoms with Crippen molar-refractivity contribution in [3.05, 3.63) is 11.6 Å². The van der Waals surface area contributed by atoms with Crippen LogP contribution in [0.2, 0.25) is 0 Å². The first-order valence-electron chi connectivity index (χ1n) is 6.66. The van der Waals surface area contributed by atoms with E-state index in [1.807, 2.05) is 26.2 Å². The van der Waals surface area contributed by atoms with Gasteiger partial charge in [0.2, 0.25) is 0 Å². The summed E-state index contributed by atoms with van der Waals surface area (Å²) in [6.45, 7) is 9.07. The lowest BCUT2D eigenvalue weighted by Crippen LogP contribution is -2.47. The molecule has 0 bridgehead atoms. The van der Waals surface area contributed by atoms with E-state index in [4.69, 9.17) is 9.47 Å². The Kier molecular flexibility index (Phi) is 4.95. The molecule has 112 valence electrons. The molecule has 20 heavy (non-hydrogen) atoms. The van der Waals surface area contributed by atoms with E-state index in [0.717, 1.165) is 13.1 Å². The lowest BCUT2D eigenvalue weighted by Gasteiger charge is -2.32. The summed E-state index contributed by atoms with van der Waals surface area (Å²) in [6, 6.07) is 0. The van der Waals surface area contributed by atoms with Crippen LogP contribution in [0.5, 0.6) is 0 Å². The summed E-state index contributed by atoms with van der Waals surface area (Å²) in [5.41, 5.74) is -0.516. The van der Waals surface area contributed by atoms with Crippen molar-refractivity contribution >= 4 is 22.6 Å². The summed E-state index contributed by atoms with van der Waals surface area (Å²) in [5.74, 6) is 0. The van der Waals surface area contributed by atoms with Gasteiger partial charge in [0, 0.05) is 24.7 Å². The summed E-state index contributed by atoms with van der Waals surface area (Å²) in [4.78, 5) is 20.3. The van der Waals surface area contributed by atoms with E-state index in [-0.39, 0.29) is 6.09 Å². The number of morpholine rings is 1. The lowest BCUT2D eigenvalue weighted by molar-refractivity contribution is 0.0310. The molecule has 1 aromatic heterocycles. The van der Waals surface area contributed by atoms with Crippen molar-refractivity contribution in [3.8, 4) is 0 Å². The van der Waals surface area contributed by atoms with E-state index in [1.54, 1.807) is 11.1 Å². The zero-order valence-electron chi connectivity index (χ0n) is 12.2. The van der Waals surface area contributed by atoms with Crippen molar-refractivity contribution in [2.75, 3.05) is 37.9 Å². The predicted octanol–water partition coefficient (Wildman–Crippen LogP) is 2.17. The average Bonchev–Trinajstić information content (AvgIpc) is 2.88. The summed E-state index contributed by atoms with van der Waals surface area (Å²) >= 11 is 1.43. The minimum Gasteiger partial charge on any atom is -0.443 e. The van der Waals surface area contributed by atoms with E-state index < -0.39 is 5.60 Å². The number of thiazole rings is 1. The number of hydrogen-bond donors (Lipinski definition) is 0. The van der Waals surface area contributed by atoms with Crippen LogP contribution in [0.3, 0.4) is 0 Å². The number of hydrogen-bond acceptors (Lipinski definition) is 6. The van der Waals surface area contributed by atoms with Crippen molar-refractivity contribution in [2.24, 2.45) is 0 Å². The molecular formula is C13H21N3O3S. The van der Waals surface area contributed by atoms with Gasteiger partial charge in [-0.25, -0.2) is 14.7 Å². The standard InChI is InChI=1S/C13H21N3O3S/c1-13(2,3)19-12(17)16(11-14-4-9-20-11)10-15-5-7-18-8-6-15/h4,9H,5-8,10H2,1-3H3. The zero-order chi connectivity index (χ0) is 14.6. The molecular weight excluding hydrogens is 278 g/mol. The van der Waals surface area contributed by atoms with Crippen LogP contribution in [0.1, 0.15) is 20.8 Å². The van der Waals surface area contributed by atoms with E-state index in [9.17, 15) is 4.79 Å². The average molecular weight is 299 g/mol. The van der Waals surface area contributed by atoms with E-state index >= 15 is 0 Å². The fraction of sp³-hybridized carbons (Fsp3) is 0.692. The topological polar surface area (TPSA) is 54.9 Å². The Morgan fingerprint density at radius 2 is 2.20 bits per heavy atom. The molecule has 1 amide bonds. The highest BCUT2D eigenvalue weighted by atomic mass is 32.1. The number of carbonyl (C=O) groups is 1. The van der Waals surface area contributed by atoms with E-state index in [0.29, 0.717) is 25.0 Å². The van der Waals surface area contributed by atoms with Crippen LogP contribution >= 0.6 is 11.3 Å². The largest absolute Gasteiger partial charge is 0.443 e. The molecule has 2 rings (SSSR count). The molecule has 1 aliphatic heterocycles. The van der Waals surface area contributed by atoms with E-state index in [1.165, 1.54) is 11.3 Å². The summed E-state index contributed by atoms with van der Waals surface area (Å²) in [5, 5.41) is 2.51. The molecule has 7 heteroatoms. The van der Waals surface area contributed by atoms with Crippen LogP contribution < -0.4 is 4.90 Å². The van der Waals surface area contributed by atoms with Gasteiger partial charge in [-0.3, -0.25) is 4.90 Å². The number of rotatable bonds is 3. The minimum absolute atomic E-state index is 0.362. The molecule has 0 radical (unpaired) electrons. The van der Waals surface area contributed by atoms with Crippen LogP contribution in [0.15, 0.2) is 11.6 Å². The van der Waals surface area contributed by atoms with Gasteiger partial charge < -0.3 is 9.47 Å². The Morgan fingerprint density at radius 3 is 2.75 bits per heavy atom. The van der Waals surface area contributed by atoms with Crippen LogP contribution in [0.4, 0.5) is 9.93 Å². The maximum Gasteiger partial charge on any atom is 0.417 e. The Balaban J connectivity index is 2.06. The molecule has 0 saturated carbocycles. The third-order valence-electron chi connectivity index (χ3n) is 2.71. The van der Waals surface area contributed by atoms with Crippen molar-refractivity contribution in [1.82, 2.24) is 9.88 Å². The SMILES string of the molecule is CC(C)(C)OC(=O)N(CN1CCOCC1)c1nccs1. The van der Waals surface area contributed by atoms with Crippen molar-refractivity contribution < 1.29 is 14.3 Å². The Bertz CT molecular complexity index is 425. The van der Waals surface area contributed by atoms with Gasteiger partial charge in [-0.05, 0) is 20.8 Å². The number of carbonyl (C=O) groups excluding carboxylic acids is 1. The van der Waals surface area contributed by atoms with Crippen LogP contribution in [-0.2, 0) is 9.47 Å². The fourth-order valence-corrected chi connectivity index (χ4v) is 2.43. The first-order chi connectivity index (χ1) is 9.46. The van der Waals surface area contributed by atoms with Crippen molar-refractivity contribution in [3.63, 3.8) is 0 Å². The molecule has 1 fully saturated rings. The van der Waals surface area contributed by atoms with Gasteiger partial charge in [-0.1, -0.05) is 0 Å². The second-order valence-corrected chi connectivity index (χ2v) is 6.47. The van der Waals surface area contributed by atoms with Gasteiger partial charge in [0.1, 0.15) is 5.60 Å². The predicted molar refractivity (Wildman–Crippen MR) is 78.1 cm³/mol. The molecule has 0 aliphatic carbocycles. The third-order valence-corrected chi connectivity index (χ3v) is 3.50. The molecule has 1 aromatic rings. The highest BCUT2D eigenvalue weighted by Gasteiger charge is 2.27. The van der Waals surface area contributed by atoms with Gasteiger partial charge in [0.25, 0.3) is 0 Å². The number of anilines is 1. The zero-order valence-corrected chi connectivity index (χ0v) is 13.0. The number of amides is 1. The smallest absolute Gasteiger partial charge is 0.417 e. The number of ether oxygens (including phenoxy) is 2. The van der Waals surface area contributed by atoms with Gasteiger partial charge in [0.05, 0.1) is 19.9 Å². The molecule has 0 unspecified atom stereocenters. The molecule has 2 heterocycles. The highest BCUT2D eigenvalue weighted by molar-refractivity contribution is 7.13. The van der Waals surface area contributed by atoms with Crippen LogP contribution in [-0.4, -0.2) is 54.6 Å². The molecule has 6 nitrogen and oxygen atoms in total. The summed E-state index contributed by atoms with van der Waals surface area (Å²) in [6.07, 6.45) is 1.33. The molecule has 0 N–H and O–H groups in total. The monoisotopic (exact) mass is 299 g/mol. The number of nitrogens with zero attached hydrogens (tertiary/aromatic N) is 3. The molecule has 0 spiro atoms. The quantitative estimate of drug-likeness (QED) is 0.856. The Morgan fingerprint density at radius 1 is 1.50 bits per heavy atom. The molecule has 0 atom stereocenters. The Hall–Kier alpha value is -1.18. The van der Waals surface area contributed by atoms with Crippen LogP contribution in [0, 0.1) is 0 Å². The van der Waals surface area contributed by atoms with E-state index in [2.05, 4.69) is 9.88 Å². The summed E-state index contributed by atoms with van der Waals surface area (Å²) in [7, 11) is 0. The van der Waals surface area contributed by atoms with Gasteiger partial charge in [-0.2, -0.15) is 0 Å². The lowest BCUT2D eigenvalue weighted by atomic mass is 10.2. The first kappa shape index (κ1) is 15.2. The molecule has 0 aromatic carbocycles.